The number of nitrogens with one attached hydrogen (secondary N) is 1. The highest BCUT2D eigenvalue weighted by Crippen LogP contribution is 2.14. The minimum Gasteiger partial charge on any atom is -0.467 e. The lowest BCUT2D eigenvalue weighted by atomic mass is 10.0. The van der Waals surface area contributed by atoms with Gasteiger partial charge in [-0.05, 0) is 24.1 Å². The molecule has 2 atom stereocenters. The van der Waals surface area contributed by atoms with Gasteiger partial charge in [0.15, 0.2) is 0 Å². The van der Waals surface area contributed by atoms with Gasteiger partial charge in [0.2, 0.25) is 5.91 Å². The van der Waals surface area contributed by atoms with Gasteiger partial charge in [0, 0.05) is 13.0 Å². The summed E-state index contributed by atoms with van der Waals surface area (Å²) in [6.45, 7) is 0.939. The first kappa shape index (κ1) is 16.0. The lowest BCUT2D eigenvalue weighted by Gasteiger charge is -2.18. The quantitative estimate of drug-likeness (QED) is 0.813. The number of nitriles is 1. The van der Waals surface area contributed by atoms with Crippen LogP contribution in [-0.2, 0) is 25.5 Å². The van der Waals surface area contributed by atoms with Crippen LogP contribution < -0.4 is 5.32 Å². The van der Waals surface area contributed by atoms with Gasteiger partial charge in [-0.3, -0.25) is 4.79 Å². The smallest absolute Gasteiger partial charge is 0.328 e. The van der Waals surface area contributed by atoms with Crippen molar-refractivity contribution in [3.05, 3.63) is 35.4 Å². The minimum absolute atomic E-state index is 0.204. The van der Waals surface area contributed by atoms with E-state index in [-0.39, 0.29) is 18.2 Å². The van der Waals surface area contributed by atoms with Crippen molar-refractivity contribution in [3.63, 3.8) is 0 Å². The zero-order chi connectivity index (χ0) is 15.9. The summed E-state index contributed by atoms with van der Waals surface area (Å²) >= 11 is 0. The molecule has 1 amide bonds. The van der Waals surface area contributed by atoms with Crippen LogP contribution in [0.25, 0.3) is 0 Å². The molecule has 1 aliphatic rings. The van der Waals surface area contributed by atoms with Crippen LogP contribution in [0.2, 0.25) is 0 Å². The van der Waals surface area contributed by atoms with E-state index >= 15 is 0 Å². The predicted molar refractivity (Wildman–Crippen MR) is 77.7 cm³/mol. The molecule has 1 aromatic carbocycles. The zero-order valence-electron chi connectivity index (χ0n) is 12.4. The molecule has 2 rings (SSSR count). The van der Waals surface area contributed by atoms with Crippen molar-refractivity contribution in [1.82, 2.24) is 5.32 Å². The van der Waals surface area contributed by atoms with Crippen LogP contribution in [-0.4, -0.2) is 38.2 Å². The Labute approximate surface area is 129 Å². The average molecular weight is 302 g/mol. The number of amides is 1. The van der Waals surface area contributed by atoms with Gasteiger partial charge in [0.1, 0.15) is 6.04 Å². The number of ether oxygens (including phenoxy) is 2. The molecule has 1 aliphatic heterocycles. The molecule has 1 N–H and O–H groups in total. The van der Waals surface area contributed by atoms with E-state index in [4.69, 9.17) is 14.7 Å². The molecule has 116 valence electrons. The highest BCUT2D eigenvalue weighted by molar-refractivity contribution is 5.86. The average Bonchev–Trinajstić information content (AvgIpc) is 3.08. The number of hydrogen-bond acceptors (Lipinski definition) is 5. The maximum absolute atomic E-state index is 12.1. The van der Waals surface area contributed by atoms with Crippen molar-refractivity contribution in [2.75, 3.05) is 20.3 Å². The normalized spacial score (nSPS) is 18.3. The lowest BCUT2D eigenvalue weighted by Crippen LogP contribution is -2.45. The third-order valence-electron chi connectivity index (χ3n) is 3.60. The monoisotopic (exact) mass is 302 g/mol. The molecule has 0 unspecified atom stereocenters. The minimum atomic E-state index is -0.771. The van der Waals surface area contributed by atoms with Crippen molar-refractivity contribution >= 4 is 11.9 Å². The van der Waals surface area contributed by atoms with Crippen LogP contribution in [0.1, 0.15) is 17.5 Å². The van der Waals surface area contributed by atoms with Crippen molar-refractivity contribution in [2.45, 2.75) is 18.9 Å². The second-order valence-corrected chi connectivity index (χ2v) is 5.16. The summed E-state index contributed by atoms with van der Waals surface area (Å²) in [6, 6.07) is 8.21. The maximum Gasteiger partial charge on any atom is 0.328 e. The van der Waals surface area contributed by atoms with Crippen LogP contribution in [0, 0.1) is 17.2 Å². The summed E-state index contributed by atoms with van der Waals surface area (Å²) < 4.78 is 9.94. The molecule has 6 nitrogen and oxygen atoms in total. The van der Waals surface area contributed by atoms with Gasteiger partial charge in [-0.2, -0.15) is 5.26 Å². The van der Waals surface area contributed by atoms with Gasteiger partial charge in [-0.1, -0.05) is 12.1 Å². The molecule has 1 aromatic rings. The molecule has 1 heterocycles. The van der Waals surface area contributed by atoms with Crippen LogP contribution in [0.3, 0.4) is 0 Å². The van der Waals surface area contributed by atoms with E-state index in [0.717, 1.165) is 5.56 Å². The Morgan fingerprint density at radius 2 is 2.36 bits per heavy atom. The van der Waals surface area contributed by atoms with E-state index in [2.05, 4.69) is 5.32 Å². The summed E-state index contributed by atoms with van der Waals surface area (Å²) in [5, 5.41) is 11.6. The van der Waals surface area contributed by atoms with Gasteiger partial charge in [-0.25, -0.2) is 4.79 Å². The Kier molecular flexibility index (Phi) is 5.50. The molecular formula is C16H18N2O4. The number of carbonyl (C=O) groups excluding carboxylic acids is 2. The second-order valence-electron chi connectivity index (χ2n) is 5.16. The summed E-state index contributed by atoms with van der Waals surface area (Å²) in [4.78, 5) is 24.0. The Bertz CT molecular complexity index is 588. The molecule has 1 fully saturated rings. The van der Waals surface area contributed by atoms with Gasteiger partial charge in [-0.15, -0.1) is 0 Å². The van der Waals surface area contributed by atoms with Crippen molar-refractivity contribution in [1.29, 1.82) is 5.26 Å². The first-order valence-electron chi connectivity index (χ1n) is 7.09. The first-order chi connectivity index (χ1) is 10.6. The largest absolute Gasteiger partial charge is 0.467 e. The molecule has 0 aromatic heterocycles. The molecule has 0 radical (unpaired) electrons. The third-order valence-corrected chi connectivity index (χ3v) is 3.60. The fraction of sp³-hybridized carbons (Fsp3) is 0.438. The topological polar surface area (TPSA) is 88.4 Å². The van der Waals surface area contributed by atoms with Crippen LogP contribution >= 0.6 is 0 Å². The molecule has 22 heavy (non-hydrogen) atoms. The number of benzene rings is 1. The van der Waals surface area contributed by atoms with E-state index < -0.39 is 12.0 Å². The summed E-state index contributed by atoms with van der Waals surface area (Å²) in [7, 11) is 1.28. The molecule has 0 bridgehead atoms. The molecule has 0 aliphatic carbocycles. The predicted octanol–water partition coefficient (Wildman–Crippen LogP) is 0.795. The van der Waals surface area contributed by atoms with Crippen molar-refractivity contribution in [2.24, 2.45) is 5.92 Å². The standard InChI is InChI=1S/C16H18N2O4/c1-21-16(20)14(18-15(19)13-5-6-22-10-13)8-11-3-2-4-12(7-11)9-17/h2-4,7,13-14H,5-6,8,10H2,1H3,(H,18,19)/t13-,14-/m0/s1. The fourth-order valence-corrected chi connectivity index (χ4v) is 2.37. The molecule has 1 saturated heterocycles. The van der Waals surface area contributed by atoms with Gasteiger partial charge in [0.05, 0.1) is 31.3 Å². The maximum atomic E-state index is 12.1. The number of rotatable bonds is 5. The molecule has 0 saturated carbocycles. The van der Waals surface area contributed by atoms with Gasteiger partial charge < -0.3 is 14.8 Å². The van der Waals surface area contributed by atoms with Gasteiger partial charge in [0.25, 0.3) is 0 Å². The highest BCUT2D eigenvalue weighted by atomic mass is 16.5. The Hall–Kier alpha value is -2.39. The number of nitrogens with zero attached hydrogens (tertiary/aromatic N) is 1. The van der Waals surface area contributed by atoms with E-state index in [1.54, 1.807) is 18.2 Å². The van der Waals surface area contributed by atoms with E-state index in [1.807, 2.05) is 12.1 Å². The molecular weight excluding hydrogens is 284 g/mol. The number of methoxy groups -OCH3 is 1. The summed E-state index contributed by atoms with van der Waals surface area (Å²) in [6.07, 6.45) is 0.936. The zero-order valence-corrected chi connectivity index (χ0v) is 12.4. The van der Waals surface area contributed by atoms with Crippen molar-refractivity contribution in [3.8, 4) is 6.07 Å². The number of esters is 1. The summed E-state index contributed by atoms with van der Waals surface area (Å²) in [5.41, 5.74) is 1.30. The molecule has 0 spiro atoms. The fourth-order valence-electron chi connectivity index (χ4n) is 2.37. The SMILES string of the molecule is COC(=O)[C@H](Cc1cccc(C#N)c1)NC(=O)[C@H]1CCOC1. The third kappa shape index (κ3) is 4.06. The Morgan fingerprint density at radius 1 is 1.55 bits per heavy atom. The first-order valence-corrected chi connectivity index (χ1v) is 7.09. The van der Waals surface area contributed by atoms with E-state index in [1.165, 1.54) is 7.11 Å². The van der Waals surface area contributed by atoms with Crippen LogP contribution in [0.4, 0.5) is 0 Å². The Balaban J connectivity index is 2.07. The van der Waals surface area contributed by atoms with Crippen molar-refractivity contribution < 1.29 is 19.1 Å². The highest BCUT2D eigenvalue weighted by Gasteiger charge is 2.28. The van der Waals surface area contributed by atoms with Gasteiger partial charge >= 0.3 is 5.97 Å². The number of carbonyl (C=O) groups is 2. The van der Waals surface area contributed by atoms with E-state index in [0.29, 0.717) is 25.2 Å². The number of hydrogen-bond donors (Lipinski definition) is 1. The van der Waals surface area contributed by atoms with E-state index in [9.17, 15) is 9.59 Å². The Morgan fingerprint density at radius 3 is 3.00 bits per heavy atom. The van der Waals surface area contributed by atoms with Crippen LogP contribution in [0.15, 0.2) is 24.3 Å². The van der Waals surface area contributed by atoms with Crippen LogP contribution in [0.5, 0.6) is 0 Å². The lowest BCUT2D eigenvalue weighted by molar-refractivity contribution is -0.145. The molecule has 6 heteroatoms. The second kappa shape index (κ2) is 7.57. The summed E-state index contributed by atoms with van der Waals surface area (Å²) in [5.74, 6) is -0.934.